The molecule has 0 amide bonds. The van der Waals surface area contributed by atoms with Gasteiger partial charge in [-0.3, -0.25) is 0 Å². The summed E-state index contributed by atoms with van der Waals surface area (Å²) in [6, 6.07) is 8.94. The molecule has 19 heavy (non-hydrogen) atoms. The molecule has 1 N–H and O–H groups in total. The first-order valence-electron chi connectivity index (χ1n) is 6.69. The highest BCUT2D eigenvalue weighted by Gasteiger charge is 2.29. The number of rotatable bonds is 6. The van der Waals surface area contributed by atoms with Crippen molar-refractivity contribution in [2.75, 3.05) is 18.1 Å². The minimum Gasteiger partial charge on any atom is -0.313 e. The van der Waals surface area contributed by atoms with Crippen LogP contribution in [0.3, 0.4) is 0 Å². The van der Waals surface area contributed by atoms with Gasteiger partial charge >= 0.3 is 0 Å². The van der Waals surface area contributed by atoms with E-state index >= 15 is 0 Å². The molecule has 106 valence electrons. The van der Waals surface area contributed by atoms with Gasteiger partial charge in [-0.25, -0.2) is 8.42 Å². The van der Waals surface area contributed by atoms with Crippen LogP contribution in [0.2, 0.25) is 0 Å². The molecule has 1 aliphatic carbocycles. The van der Waals surface area contributed by atoms with Crippen LogP contribution in [-0.4, -0.2) is 32.5 Å². The van der Waals surface area contributed by atoms with Crippen LogP contribution in [0.4, 0.5) is 0 Å². The number of hydrogen-bond acceptors (Lipinski definition) is 3. The molecule has 1 aromatic rings. The Morgan fingerprint density at radius 3 is 2.47 bits per heavy atom. The molecule has 0 heterocycles. The maximum atomic E-state index is 11.4. The van der Waals surface area contributed by atoms with Gasteiger partial charge in [0, 0.05) is 22.8 Å². The van der Waals surface area contributed by atoms with Crippen LogP contribution in [-0.2, 0) is 9.84 Å². The summed E-state index contributed by atoms with van der Waals surface area (Å²) in [7, 11) is -2.84. The van der Waals surface area contributed by atoms with E-state index in [1.54, 1.807) is 6.92 Å². The first-order valence-corrected chi connectivity index (χ1v) is 9.31. The number of nitrogens with one attached hydrogen (secondary N) is 1. The van der Waals surface area contributed by atoms with Crippen LogP contribution in [0, 0.1) is 0 Å². The maximum Gasteiger partial charge on any atom is 0.151 e. The molecule has 1 saturated carbocycles. The quantitative estimate of drug-likeness (QED) is 0.862. The molecule has 0 saturated heterocycles. The van der Waals surface area contributed by atoms with Gasteiger partial charge in [0.2, 0.25) is 0 Å². The second kappa shape index (κ2) is 6.37. The lowest BCUT2D eigenvalue weighted by Gasteiger charge is -2.36. The third kappa shape index (κ3) is 4.29. The Bertz CT molecular complexity index is 507. The Morgan fingerprint density at radius 1 is 1.26 bits per heavy atom. The molecule has 1 fully saturated rings. The van der Waals surface area contributed by atoms with Crippen LogP contribution in [0.15, 0.2) is 28.7 Å². The Morgan fingerprint density at radius 2 is 1.89 bits per heavy atom. The first kappa shape index (κ1) is 15.0. The van der Waals surface area contributed by atoms with Gasteiger partial charge < -0.3 is 5.32 Å². The second-order valence-corrected chi connectivity index (χ2v) is 8.50. The zero-order chi connectivity index (χ0) is 13.9. The van der Waals surface area contributed by atoms with Gasteiger partial charge in [-0.15, -0.1) is 0 Å². The molecule has 0 radical (unpaired) electrons. The second-order valence-electron chi connectivity index (χ2n) is 5.11. The lowest BCUT2D eigenvalue weighted by Crippen LogP contribution is -2.42. The van der Waals surface area contributed by atoms with E-state index in [1.165, 1.54) is 5.56 Å². The molecule has 0 aromatic heterocycles. The number of benzene rings is 1. The van der Waals surface area contributed by atoms with E-state index in [-0.39, 0.29) is 11.5 Å². The van der Waals surface area contributed by atoms with Crippen LogP contribution in [0.25, 0.3) is 0 Å². The van der Waals surface area contributed by atoms with Gasteiger partial charge in [0.15, 0.2) is 9.84 Å². The molecule has 0 aliphatic heterocycles. The van der Waals surface area contributed by atoms with Crippen molar-refractivity contribution in [3.63, 3.8) is 0 Å². The summed E-state index contributed by atoms with van der Waals surface area (Å²) in [5, 5.41) is 3.33. The zero-order valence-corrected chi connectivity index (χ0v) is 13.5. The largest absolute Gasteiger partial charge is 0.313 e. The van der Waals surface area contributed by atoms with Gasteiger partial charge in [0.1, 0.15) is 0 Å². The fourth-order valence-electron chi connectivity index (χ4n) is 2.35. The zero-order valence-electron chi connectivity index (χ0n) is 11.1. The summed E-state index contributed by atoms with van der Waals surface area (Å²) in [6.45, 7) is 2.27. The monoisotopic (exact) mass is 345 g/mol. The van der Waals surface area contributed by atoms with Crippen LogP contribution < -0.4 is 5.32 Å². The molecule has 0 bridgehead atoms. The van der Waals surface area contributed by atoms with Crippen molar-refractivity contribution >= 4 is 25.8 Å². The summed E-state index contributed by atoms with van der Waals surface area (Å²) in [5.41, 5.74) is 1.38. The van der Waals surface area contributed by atoms with Crippen molar-refractivity contribution in [3.05, 3.63) is 34.3 Å². The smallest absolute Gasteiger partial charge is 0.151 e. The van der Waals surface area contributed by atoms with Gasteiger partial charge in [-0.2, -0.15) is 0 Å². The van der Waals surface area contributed by atoms with Crippen molar-refractivity contribution in [1.82, 2.24) is 5.32 Å². The SMILES string of the molecule is CCS(=O)(=O)CCNC1CC(c2ccc(Br)cc2)C1. The van der Waals surface area contributed by atoms with E-state index in [0.717, 1.165) is 17.3 Å². The first-order chi connectivity index (χ1) is 9.00. The van der Waals surface area contributed by atoms with Gasteiger partial charge in [0.05, 0.1) is 5.75 Å². The van der Waals surface area contributed by atoms with Crippen molar-refractivity contribution in [2.45, 2.75) is 31.7 Å². The molecular weight excluding hydrogens is 326 g/mol. The van der Waals surface area contributed by atoms with Crippen LogP contribution >= 0.6 is 15.9 Å². The minimum absolute atomic E-state index is 0.237. The Balaban J connectivity index is 1.71. The van der Waals surface area contributed by atoms with E-state index in [0.29, 0.717) is 18.5 Å². The minimum atomic E-state index is -2.84. The van der Waals surface area contributed by atoms with E-state index in [9.17, 15) is 8.42 Å². The predicted molar refractivity (Wildman–Crippen MR) is 82.2 cm³/mol. The normalized spacial score (nSPS) is 23.1. The van der Waals surface area contributed by atoms with E-state index in [2.05, 4.69) is 45.5 Å². The van der Waals surface area contributed by atoms with Crippen molar-refractivity contribution < 1.29 is 8.42 Å². The third-order valence-electron chi connectivity index (χ3n) is 3.77. The summed E-state index contributed by atoms with van der Waals surface area (Å²) in [6.07, 6.45) is 2.21. The Kier molecular flexibility index (Phi) is 5.03. The summed E-state index contributed by atoms with van der Waals surface area (Å²) >= 11 is 3.44. The van der Waals surface area contributed by atoms with E-state index < -0.39 is 9.84 Å². The molecular formula is C14H20BrNO2S. The maximum absolute atomic E-state index is 11.4. The summed E-state index contributed by atoms with van der Waals surface area (Å²) in [4.78, 5) is 0. The third-order valence-corrected chi connectivity index (χ3v) is 6.00. The lowest BCUT2D eigenvalue weighted by molar-refractivity contribution is 0.296. The molecule has 0 atom stereocenters. The molecule has 5 heteroatoms. The number of sulfone groups is 1. The number of halogens is 1. The van der Waals surface area contributed by atoms with Gasteiger partial charge in [-0.05, 0) is 36.5 Å². The van der Waals surface area contributed by atoms with Crippen LogP contribution in [0.1, 0.15) is 31.2 Å². The highest BCUT2D eigenvalue weighted by Crippen LogP contribution is 2.37. The Labute approximate surface area is 123 Å². The Hall–Kier alpha value is -0.390. The average molecular weight is 346 g/mol. The summed E-state index contributed by atoms with van der Waals surface area (Å²) < 4.78 is 23.8. The van der Waals surface area contributed by atoms with Gasteiger partial charge in [-0.1, -0.05) is 35.0 Å². The van der Waals surface area contributed by atoms with Gasteiger partial charge in [0.25, 0.3) is 0 Å². The lowest BCUT2D eigenvalue weighted by atomic mass is 9.76. The van der Waals surface area contributed by atoms with E-state index in [4.69, 9.17) is 0 Å². The highest BCUT2D eigenvalue weighted by molar-refractivity contribution is 9.10. The molecule has 2 rings (SSSR count). The fraction of sp³-hybridized carbons (Fsp3) is 0.571. The van der Waals surface area contributed by atoms with Crippen molar-refractivity contribution in [2.24, 2.45) is 0 Å². The molecule has 0 spiro atoms. The molecule has 1 aliphatic rings. The standard InChI is InChI=1S/C14H20BrNO2S/c1-2-19(17,18)8-7-16-14-9-12(10-14)11-3-5-13(15)6-4-11/h3-6,12,14,16H,2,7-10H2,1H3. The number of hydrogen-bond donors (Lipinski definition) is 1. The topological polar surface area (TPSA) is 46.2 Å². The predicted octanol–water partition coefficient (Wildman–Crippen LogP) is 2.72. The fourth-order valence-corrected chi connectivity index (χ4v) is 3.34. The van der Waals surface area contributed by atoms with E-state index in [1.807, 2.05) is 0 Å². The molecule has 0 unspecified atom stereocenters. The van der Waals surface area contributed by atoms with Crippen molar-refractivity contribution in [1.29, 1.82) is 0 Å². The van der Waals surface area contributed by atoms with Crippen LogP contribution in [0.5, 0.6) is 0 Å². The average Bonchev–Trinajstić information content (AvgIpc) is 2.34. The molecule has 3 nitrogen and oxygen atoms in total. The van der Waals surface area contributed by atoms with Crippen molar-refractivity contribution in [3.8, 4) is 0 Å². The summed E-state index contributed by atoms with van der Waals surface area (Å²) in [5.74, 6) is 1.11. The highest BCUT2D eigenvalue weighted by atomic mass is 79.9. The molecule has 1 aromatic carbocycles.